The second-order valence-corrected chi connectivity index (χ2v) is 8.58. The number of hydrogen-bond donors (Lipinski definition) is 2. The van der Waals surface area contributed by atoms with Gasteiger partial charge in [-0.3, -0.25) is 4.98 Å². The second kappa shape index (κ2) is 9.60. The smallest absolute Gasteiger partial charge is 0.335 e. The number of hydrogen-bond acceptors (Lipinski definition) is 5. The molecule has 176 valence electrons. The summed E-state index contributed by atoms with van der Waals surface area (Å²) in [6.45, 7) is 0.564. The van der Waals surface area contributed by atoms with Crippen molar-refractivity contribution >= 4 is 23.3 Å². The monoisotopic (exact) mass is 485 g/mol. The van der Waals surface area contributed by atoms with Gasteiger partial charge < -0.3 is 24.5 Å². The Bertz CT molecular complexity index is 1350. The quantitative estimate of drug-likeness (QED) is 0.345. The van der Waals surface area contributed by atoms with Crippen LogP contribution in [0.1, 0.15) is 39.5 Å². The molecule has 5 rings (SSSR count). The van der Waals surface area contributed by atoms with E-state index < -0.39 is 5.97 Å². The van der Waals surface area contributed by atoms with Gasteiger partial charge in [0.05, 0.1) is 24.4 Å². The lowest BCUT2D eigenvalue weighted by atomic mass is 10.0. The zero-order valence-electron chi connectivity index (χ0n) is 18.9. The number of aromatic carboxylic acids is 1. The molecular formula is C27H23N3O4S. The van der Waals surface area contributed by atoms with E-state index in [4.69, 9.17) is 21.4 Å². The van der Waals surface area contributed by atoms with Crippen molar-refractivity contribution in [2.24, 2.45) is 0 Å². The Morgan fingerprint density at radius 2 is 1.94 bits per heavy atom. The number of furan rings is 1. The number of carboxylic acids is 1. The molecule has 0 amide bonds. The van der Waals surface area contributed by atoms with E-state index in [2.05, 4.69) is 15.2 Å². The van der Waals surface area contributed by atoms with Crippen molar-refractivity contribution in [1.29, 1.82) is 0 Å². The summed E-state index contributed by atoms with van der Waals surface area (Å²) in [6, 6.07) is 23.7. The van der Waals surface area contributed by atoms with Gasteiger partial charge in [-0.1, -0.05) is 30.3 Å². The van der Waals surface area contributed by atoms with Crippen LogP contribution in [-0.2, 0) is 6.54 Å². The van der Waals surface area contributed by atoms with Gasteiger partial charge in [0, 0.05) is 18.3 Å². The summed E-state index contributed by atoms with van der Waals surface area (Å²) in [5.41, 5.74) is 2.82. The van der Waals surface area contributed by atoms with Crippen LogP contribution in [0.25, 0.3) is 11.3 Å². The SMILES string of the molecule is COc1ccc(CN2C(=S)NC(c3ccccn3)C2c2ccc(-c3cccc(C(=O)O)c3)o2)cc1. The van der Waals surface area contributed by atoms with E-state index in [1.807, 2.05) is 60.7 Å². The third kappa shape index (κ3) is 4.61. The summed E-state index contributed by atoms with van der Waals surface area (Å²) in [5, 5.41) is 13.4. The number of methoxy groups -OCH3 is 1. The molecule has 2 unspecified atom stereocenters. The molecule has 1 aliphatic heterocycles. The first-order valence-electron chi connectivity index (χ1n) is 11.1. The van der Waals surface area contributed by atoms with Crippen molar-refractivity contribution in [3.63, 3.8) is 0 Å². The van der Waals surface area contributed by atoms with Crippen LogP contribution in [0.15, 0.2) is 89.5 Å². The standard InChI is InChI=1S/C27H23N3O4S/c1-33-20-10-8-17(9-11-20)16-30-25(24(29-27(30)35)21-7-2-3-14-28-21)23-13-12-22(34-23)18-5-4-6-19(15-18)26(31)32/h2-15,24-25H,16H2,1H3,(H,29,35)(H,31,32). The van der Waals surface area contributed by atoms with E-state index in [0.717, 1.165) is 17.0 Å². The Balaban J connectivity index is 1.51. The van der Waals surface area contributed by atoms with E-state index >= 15 is 0 Å². The molecule has 0 bridgehead atoms. The third-order valence-electron chi connectivity index (χ3n) is 6.02. The summed E-state index contributed by atoms with van der Waals surface area (Å²) >= 11 is 5.74. The second-order valence-electron chi connectivity index (χ2n) is 8.19. The maximum absolute atomic E-state index is 11.4. The number of nitrogens with one attached hydrogen (secondary N) is 1. The van der Waals surface area contributed by atoms with Crippen molar-refractivity contribution in [2.45, 2.75) is 18.6 Å². The number of carbonyl (C=O) groups is 1. The van der Waals surface area contributed by atoms with Crippen molar-refractivity contribution in [1.82, 2.24) is 15.2 Å². The summed E-state index contributed by atoms with van der Waals surface area (Å²) in [4.78, 5) is 18.1. The molecule has 0 spiro atoms. The van der Waals surface area contributed by atoms with Crippen molar-refractivity contribution < 1.29 is 19.1 Å². The van der Waals surface area contributed by atoms with Gasteiger partial charge in [0.1, 0.15) is 23.3 Å². The van der Waals surface area contributed by atoms with Crippen LogP contribution < -0.4 is 10.1 Å². The predicted octanol–water partition coefficient (Wildman–Crippen LogP) is 5.22. The third-order valence-corrected chi connectivity index (χ3v) is 6.37. The van der Waals surface area contributed by atoms with E-state index in [1.165, 1.54) is 0 Å². The largest absolute Gasteiger partial charge is 0.497 e. The molecule has 2 N–H and O–H groups in total. The molecule has 2 aromatic heterocycles. The highest BCUT2D eigenvalue weighted by Gasteiger charge is 2.41. The van der Waals surface area contributed by atoms with Crippen LogP contribution in [0.3, 0.4) is 0 Å². The fourth-order valence-electron chi connectivity index (χ4n) is 4.28. The Hall–Kier alpha value is -4.17. The molecule has 4 aromatic rings. The maximum atomic E-state index is 11.4. The van der Waals surface area contributed by atoms with Gasteiger partial charge in [-0.15, -0.1) is 0 Å². The normalized spacial score (nSPS) is 17.3. The highest BCUT2D eigenvalue weighted by Crippen LogP contribution is 2.41. The van der Waals surface area contributed by atoms with Crippen LogP contribution in [0.5, 0.6) is 5.75 Å². The number of carboxylic acid groups (broad SMARTS) is 1. The average molecular weight is 486 g/mol. The Morgan fingerprint density at radius 1 is 1.11 bits per heavy atom. The Morgan fingerprint density at radius 3 is 2.66 bits per heavy atom. The fourth-order valence-corrected chi connectivity index (χ4v) is 4.59. The van der Waals surface area contributed by atoms with Gasteiger partial charge in [0.25, 0.3) is 0 Å². The first-order chi connectivity index (χ1) is 17.0. The van der Waals surface area contributed by atoms with E-state index in [-0.39, 0.29) is 17.6 Å². The molecule has 8 heteroatoms. The Labute approximate surface area is 208 Å². The number of nitrogens with zero attached hydrogens (tertiary/aromatic N) is 2. The highest BCUT2D eigenvalue weighted by atomic mass is 32.1. The molecule has 0 radical (unpaired) electrons. The van der Waals surface area contributed by atoms with Crippen LogP contribution in [0.2, 0.25) is 0 Å². The van der Waals surface area contributed by atoms with Crippen LogP contribution in [-0.4, -0.2) is 33.2 Å². The number of thiocarbonyl (C=S) groups is 1. The van der Waals surface area contributed by atoms with Crippen LogP contribution >= 0.6 is 12.2 Å². The molecule has 35 heavy (non-hydrogen) atoms. The molecule has 0 saturated carbocycles. The lowest BCUT2D eigenvalue weighted by Gasteiger charge is -2.26. The predicted molar refractivity (Wildman–Crippen MR) is 135 cm³/mol. The minimum Gasteiger partial charge on any atom is -0.497 e. The van der Waals surface area contributed by atoms with Crippen molar-refractivity contribution in [3.05, 3.63) is 108 Å². The maximum Gasteiger partial charge on any atom is 0.335 e. The molecule has 1 saturated heterocycles. The van der Waals surface area contributed by atoms with E-state index in [0.29, 0.717) is 28.7 Å². The highest BCUT2D eigenvalue weighted by molar-refractivity contribution is 7.80. The summed E-state index contributed by atoms with van der Waals surface area (Å²) in [6.07, 6.45) is 1.76. The average Bonchev–Trinajstić information content (AvgIpc) is 3.50. The van der Waals surface area contributed by atoms with E-state index in [1.54, 1.807) is 31.5 Å². The van der Waals surface area contributed by atoms with E-state index in [9.17, 15) is 9.90 Å². The number of rotatable bonds is 7. The summed E-state index contributed by atoms with van der Waals surface area (Å²) < 4.78 is 11.6. The molecule has 1 aliphatic rings. The number of ether oxygens (including phenoxy) is 1. The van der Waals surface area contributed by atoms with Crippen molar-refractivity contribution in [2.75, 3.05) is 7.11 Å². The summed E-state index contributed by atoms with van der Waals surface area (Å²) in [7, 11) is 1.64. The van der Waals surface area contributed by atoms with Gasteiger partial charge in [-0.2, -0.15) is 0 Å². The molecule has 7 nitrogen and oxygen atoms in total. The number of aromatic nitrogens is 1. The molecule has 1 fully saturated rings. The molecule has 3 heterocycles. The Kier molecular flexibility index (Phi) is 6.20. The summed E-state index contributed by atoms with van der Waals surface area (Å²) in [5.74, 6) is 1.10. The first-order valence-corrected chi connectivity index (χ1v) is 11.5. The minimum atomic E-state index is -0.982. The first kappa shape index (κ1) is 22.6. The lowest BCUT2D eigenvalue weighted by molar-refractivity contribution is 0.0697. The molecule has 2 aromatic carbocycles. The van der Waals surface area contributed by atoms with Gasteiger partial charge in [0.15, 0.2) is 5.11 Å². The van der Waals surface area contributed by atoms with Gasteiger partial charge in [-0.05, 0) is 66.3 Å². The zero-order valence-corrected chi connectivity index (χ0v) is 19.7. The topological polar surface area (TPSA) is 87.8 Å². The van der Waals surface area contributed by atoms with Gasteiger partial charge in [-0.25, -0.2) is 4.79 Å². The zero-order chi connectivity index (χ0) is 24.4. The van der Waals surface area contributed by atoms with Crippen LogP contribution in [0, 0.1) is 0 Å². The molecule has 0 aliphatic carbocycles. The number of pyridine rings is 1. The number of benzene rings is 2. The fraction of sp³-hybridized carbons (Fsp3) is 0.148. The van der Waals surface area contributed by atoms with Gasteiger partial charge >= 0.3 is 5.97 Å². The minimum absolute atomic E-state index is 0.205. The lowest BCUT2D eigenvalue weighted by Crippen LogP contribution is -2.29. The molecular weight excluding hydrogens is 462 g/mol. The van der Waals surface area contributed by atoms with Gasteiger partial charge in [0.2, 0.25) is 0 Å². The molecule has 2 atom stereocenters. The van der Waals surface area contributed by atoms with Crippen molar-refractivity contribution in [3.8, 4) is 17.1 Å². The van der Waals surface area contributed by atoms with Crippen LogP contribution in [0.4, 0.5) is 0 Å².